The zero-order chi connectivity index (χ0) is 13.1. The zero-order valence-corrected chi connectivity index (χ0v) is 11.3. The Kier molecular flexibility index (Phi) is 3.94. The average molecular weight is 283 g/mol. The van der Waals surface area contributed by atoms with Crippen LogP contribution in [0.2, 0.25) is 10.2 Å². The van der Waals surface area contributed by atoms with Gasteiger partial charge in [-0.05, 0) is 24.6 Å². The molecule has 0 aliphatic rings. The first-order chi connectivity index (χ1) is 8.58. The number of benzene rings is 1. The van der Waals surface area contributed by atoms with Crippen LogP contribution >= 0.6 is 23.2 Å². The van der Waals surface area contributed by atoms with Crippen LogP contribution in [0.15, 0.2) is 30.5 Å². The summed E-state index contributed by atoms with van der Waals surface area (Å²) in [6.07, 6.45) is 1.65. The van der Waals surface area contributed by atoms with Crippen LogP contribution in [0.1, 0.15) is 11.1 Å². The highest BCUT2D eigenvalue weighted by Crippen LogP contribution is 2.27. The number of aryl methyl sites for hydroxylation is 1. The molecule has 0 radical (unpaired) electrons. The molecule has 0 atom stereocenters. The van der Waals surface area contributed by atoms with Gasteiger partial charge in [-0.2, -0.15) is 0 Å². The predicted octanol–water partition coefficient (Wildman–Crippen LogP) is 4.01. The Morgan fingerprint density at radius 3 is 2.83 bits per heavy atom. The minimum Gasteiger partial charge on any atom is -0.506 e. The molecule has 1 aromatic carbocycles. The minimum atomic E-state index is 0.102. The second-order valence-electron chi connectivity index (χ2n) is 3.93. The molecule has 0 fully saturated rings. The molecule has 3 nitrogen and oxygen atoms in total. The molecule has 0 bridgehead atoms. The van der Waals surface area contributed by atoms with Gasteiger partial charge in [0.05, 0.1) is 16.9 Å². The van der Waals surface area contributed by atoms with Crippen molar-refractivity contribution in [2.75, 3.05) is 5.32 Å². The normalized spacial score (nSPS) is 10.4. The summed E-state index contributed by atoms with van der Waals surface area (Å²) < 4.78 is 0. The van der Waals surface area contributed by atoms with Gasteiger partial charge in [-0.15, -0.1) is 0 Å². The number of anilines is 1. The summed E-state index contributed by atoms with van der Waals surface area (Å²) in [6.45, 7) is 2.35. The van der Waals surface area contributed by atoms with Gasteiger partial charge in [-0.25, -0.2) is 4.98 Å². The lowest BCUT2D eigenvalue weighted by atomic mass is 10.2. The van der Waals surface area contributed by atoms with E-state index < -0.39 is 0 Å². The first-order valence-corrected chi connectivity index (χ1v) is 6.16. The maximum absolute atomic E-state index is 9.77. The molecule has 5 heteroatoms. The molecular weight excluding hydrogens is 271 g/mol. The topological polar surface area (TPSA) is 45.1 Å². The molecule has 0 saturated carbocycles. The van der Waals surface area contributed by atoms with Crippen LogP contribution in [-0.4, -0.2) is 10.1 Å². The Balaban J connectivity index is 2.11. The smallest absolute Gasteiger partial charge is 0.139 e. The van der Waals surface area contributed by atoms with E-state index >= 15 is 0 Å². The first kappa shape index (κ1) is 13.0. The molecule has 18 heavy (non-hydrogen) atoms. The standard InChI is InChI=1S/C13H12Cl2N2O/c1-8-5-10(7-17-13(8)15)16-6-9-3-2-4-11(14)12(9)18/h2-5,7,16,18H,6H2,1H3. The van der Waals surface area contributed by atoms with Gasteiger partial charge >= 0.3 is 0 Å². The maximum atomic E-state index is 9.77. The first-order valence-electron chi connectivity index (χ1n) is 5.40. The van der Waals surface area contributed by atoms with Crippen LogP contribution in [-0.2, 0) is 6.54 Å². The van der Waals surface area contributed by atoms with E-state index in [1.807, 2.05) is 19.1 Å². The molecule has 0 aliphatic heterocycles. The van der Waals surface area contributed by atoms with Gasteiger partial charge in [0.1, 0.15) is 10.9 Å². The van der Waals surface area contributed by atoms with Crippen LogP contribution in [0, 0.1) is 6.92 Å². The fraction of sp³-hybridized carbons (Fsp3) is 0.154. The van der Waals surface area contributed by atoms with Gasteiger partial charge in [0.25, 0.3) is 0 Å². The number of hydrogen-bond acceptors (Lipinski definition) is 3. The van der Waals surface area contributed by atoms with Gasteiger partial charge in [0.15, 0.2) is 0 Å². The number of pyridine rings is 1. The summed E-state index contributed by atoms with van der Waals surface area (Å²) in [5.74, 6) is 0.102. The van der Waals surface area contributed by atoms with Crippen molar-refractivity contribution in [2.45, 2.75) is 13.5 Å². The molecule has 0 saturated heterocycles. The molecule has 1 aromatic heterocycles. The van der Waals surface area contributed by atoms with Crippen molar-refractivity contribution in [1.82, 2.24) is 4.98 Å². The van der Waals surface area contributed by atoms with Crippen molar-refractivity contribution in [3.8, 4) is 5.75 Å². The number of nitrogens with one attached hydrogen (secondary N) is 1. The van der Waals surface area contributed by atoms with E-state index in [9.17, 15) is 5.11 Å². The van der Waals surface area contributed by atoms with Gasteiger partial charge in [-0.3, -0.25) is 0 Å². The Hall–Kier alpha value is -1.45. The van der Waals surface area contributed by atoms with Crippen LogP contribution in [0.4, 0.5) is 5.69 Å². The maximum Gasteiger partial charge on any atom is 0.139 e. The van der Waals surface area contributed by atoms with E-state index in [4.69, 9.17) is 23.2 Å². The highest BCUT2D eigenvalue weighted by molar-refractivity contribution is 6.32. The predicted molar refractivity (Wildman–Crippen MR) is 74.4 cm³/mol. The molecule has 0 spiro atoms. The summed E-state index contributed by atoms with van der Waals surface area (Å²) in [4.78, 5) is 4.05. The Morgan fingerprint density at radius 2 is 2.11 bits per heavy atom. The van der Waals surface area contributed by atoms with E-state index in [0.717, 1.165) is 16.8 Å². The Bertz CT molecular complexity index is 573. The second kappa shape index (κ2) is 5.46. The van der Waals surface area contributed by atoms with Crippen molar-refractivity contribution in [1.29, 1.82) is 0 Å². The number of para-hydroxylation sites is 1. The Morgan fingerprint density at radius 1 is 1.33 bits per heavy atom. The van der Waals surface area contributed by atoms with Crippen LogP contribution < -0.4 is 5.32 Å². The molecule has 2 N–H and O–H groups in total. The fourth-order valence-electron chi connectivity index (χ4n) is 1.55. The summed E-state index contributed by atoms with van der Waals surface area (Å²) in [7, 11) is 0. The lowest BCUT2D eigenvalue weighted by Crippen LogP contribution is -2.00. The number of phenolic OH excluding ortho intramolecular Hbond substituents is 1. The van der Waals surface area contributed by atoms with E-state index in [2.05, 4.69) is 10.3 Å². The fourth-order valence-corrected chi connectivity index (χ4v) is 1.85. The van der Waals surface area contributed by atoms with Crippen molar-refractivity contribution >= 4 is 28.9 Å². The molecular formula is C13H12Cl2N2O. The van der Waals surface area contributed by atoms with E-state index in [1.165, 1.54) is 0 Å². The number of aromatic hydroxyl groups is 1. The highest BCUT2D eigenvalue weighted by atomic mass is 35.5. The number of phenols is 1. The molecule has 0 unspecified atom stereocenters. The molecule has 0 aliphatic carbocycles. The summed E-state index contributed by atoms with van der Waals surface area (Å²) in [5, 5.41) is 13.8. The van der Waals surface area contributed by atoms with Crippen LogP contribution in [0.5, 0.6) is 5.75 Å². The number of aromatic nitrogens is 1. The van der Waals surface area contributed by atoms with Gasteiger partial charge < -0.3 is 10.4 Å². The largest absolute Gasteiger partial charge is 0.506 e. The molecule has 2 rings (SSSR count). The van der Waals surface area contributed by atoms with Gasteiger partial charge in [-0.1, -0.05) is 35.3 Å². The third-order valence-corrected chi connectivity index (χ3v) is 3.27. The number of nitrogens with zero attached hydrogens (tertiary/aromatic N) is 1. The van der Waals surface area contributed by atoms with Gasteiger partial charge in [0, 0.05) is 12.1 Å². The molecule has 1 heterocycles. The zero-order valence-electron chi connectivity index (χ0n) is 9.74. The number of halogens is 2. The SMILES string of the molecule is Cc1cc(NCc2cccc(Cl)c2O)cnc1Cl. The second-order valence-corrected chi connectivity index (χ2v) is 4.70. The van der Waals surface area contributed by atoms with Crippen LogP contribution in [0.3, 0.4) is 0 Å². The third-order valence-electron chi connectivity index (χ3n) is 2.57. The van der Waals surface area contributed by atoms with Gasteiger partial charge in [0.2, 0.25) is 0 Å². The molecule has 0 amide bonds. The quantitative estimate of drug-likeness (QED) is 0.836. The van der Waals surface area contributed by atoms with E-state index in [0.29, 0.717) is 16.7 Å². The lowest BCUT2D eigenvalue weighted by Gasteiger charge is -2.09. The summed E-state index contributed by atoms with van der Waals surface area (Å²) in [5.41, 5.74) is 2.48. The summed E-state index contributed by atoms with van der Waals surface area (Å²) >= 11 is 11.7. The number of rotatable bonds is 3. The van der Waals surface area contributed by atoms with E-state index in [1.54, 1.807) is 18.3 Å². The molecule has 94 valence electrons. The average Bonchev–Trinajstić information content (AvgIpc) is 2.35. The lowest BCUT2D eigenvalue weighted by molar-refractivity contribution is 0.469. The third kappa shape index (κ3) is 2.86. The monoisotopic (exact) mass is 282 g/mol. The number of hydrogen-bond donors (Lipinski definition) is 2. The van der Waals surface area contributed by atoms with Crippen LogP contribution in [0.25, 0.3) is 0 Å². The van der Waals surface area contributed by atoms with Crippen molar-refractivity contribution in [2.24, 2.45) is 0 Å². The summed E-state index contributed by atoms with van der Waals surface area (Å²) in [6, 6.07) is 7.15. The van der Waals surface area contributed by atoms with Crippen molar-refractivity contribution < 1.29 is 5.11 Å². The minimum absolute atomic E-state index is 0.102. The highest BCUT2D eigenvalue weighted by Gasteiger charge is 2.05. The van der Waals surface area contributed by atoms with Crippen molar-refractivity contribution in [3.05, 3.63) is 51.8 Å². The molecule has 2 aromatic rings. The van der Waals surface area contributed by atoms with Crippen molar-refractivity contribution in [3.63, 3.8) is 0 Å². The Labute approximate surface area is 115 Å². The van der Waals surface area contributed by atoms with E-state index in [-0.39, 0.29) is 5.75 Å².